The molecule has 3 aromatic heterocycles. The Morgan fingerprint density at radius 1 is 1.00 bits per heavy atom. The molecule has 0 saturated heterocycles. The van der Waals surface area contributed by atoms with Crippen LogP contribution in [0.4, 0.5) is 0 Å². The maximum atomic E-state index is 12.0. The van der Waals surface area contributed by atoms with E-state index in [4.69, 9.17) is 13.8 Å². The molecule has 0 spiro atoms. The number of aryl methyl sites for hydroxylation is 2. The highest BCUT2D eigenvalue weighted by Gasteiger charge is 2.14. The first-order chi connectivity index (χ1) is 14.2. The molecule has 1 aromatic carbocycles. The second-order valence-corrected chi connectivity index (χ2v) is 7.03. The monoisotopic (exact) mass is 410 g/mol. The lowest BCUT2D eigenvalue weighted by molar-refractivity contribution is -0.145. The van der Waals surface area contributed by atoms with E-state index >= 15 is 0 Å². The van der Waals surface area contributed by atoms with Crippen LogP contribution in [0, 0.1) is 0 Å². The number of hydrogen-bond donors (Lipinski definition) is 0. The van der Waals surface area contributed by atoms with Crippen LogP contribution in [0.3, 0.4) is 0 Å². The Morgan fingerprint density at radius 2 is 1.72 bits per heavy atom. The molecule has 9 heteroatoms. The highest BCUT2D eigenvalue weighted by molar-refractivity contribution is 7.08. The third kappa shape index (κ3) is 4.75. The molecule has 0 radical (unpaired) electrons. The molecule has 148 valence electrons. The van der Waals surface area contributed by atoms with Crippen molar-refractivity contribution in [2.45, 2.75) is 32.8 Å². The Hall–Kier alpha value is -3.33. The van der Waals surface area contributed by atoms with Crippen molar-refractivity contribution in [3.8, 4) is 22.8 Å². The molecule has 0 saturated carbocycles. The van der Waals surface area contributed by atoms with E-state index in [1.165, 1.54) is 5.56 Å². The van der Waals surface area contributed by atoms with Crippen LogP contribution in [0.2, 0.25) is 0 Å². The van der Waals surface area contributed by atoms with Gasteiger partial charge in [0.25, 0.3) is 5.89 Å². The zero-order valence-electron chi connectivity index (χ0n) is 15.7. The molecular weight excluding hydrogens is 392 g/mol. The number of thiophene rings is 1. The number of nitrogens with zero attached hydrogens (tertiary/aromatic N) is 4. The molecule has 8 nitrogen and oxygen atoms in total. The van der Waals surface area contributed by atoms with E-state index in [0.29, 0.717) is 24.0 Å². The lowest BCUT2D eigenvalue weighted by Crippen LogP contribution is -2.06. The fourth-order valence-corrected chi connectivity index (χ4v) is 3.24. The Balaban J connectivity index is 1.26. The van der Waals surface area contributed by atoms with E-state index in [1.807, 2.05) is 41.1 Å². The molecule has 0 unspecified atom stereocenters. The molecule has 0 aliphatic heterocycles. The van der Waals surface area contributed by atoms with Gasteiger partial charge in [0.05, 0.1) is 6.42 Å². The highest BCUT2D eigenvalue weighted by Crippen LogP contribution is 2.19. The third-order valence-electron chi connectivity index (χ3n) is 4.24. The fourth-order valence-electron chi connectivity index (χ4n) is 2.61. The van der Waals surface area contributed by atoms with Gasteiger partial charge in [-0.15, -0.1) is 0 Å². The zero-order chi connectivity index (χ0) is 20.1. The molecule has 0 aliphatic carbocycles. The predicted molar refractivity (Wildman–Crippen MR) is 105 cm³/mol. The topological polar surface area (TPSA) is 104 Å². The van der Waals surface area contributed by atoms with Gasteiger partial charge in [-0.2, -0.15) is 21.3 Å². The second-order valence-electron chi connectivity index (χ2n) is 6.25. The van der Waals surface area contributed by atoms with Crippen LogP contribution in [0.15, 0.2) is 50.1 Å². The first-order valence-corrected chi connectivity index (χ1v) is 10.1. The van der Waals surface area contributed by atoms with E-state index < -0.39 is 5.97 Å². The number of carbonyl (C=O) groups excluding carboxylic acids is 1. The number of aromatic nitrogens is 4. The Bertz CT molecular complexity index is 1070. The number of carbonyl (C=O) groups is 1. The molecule has 4 aromatic rings. The fraction of sp³-hybridized carbons (Fsp3) is 0.250. The molecular formula is C20H18N4O4S. The molecule has 4 rings (SSSR count). The SMILES string of the molecule is CCc1ccc(-c2noc(COC(=O)CCc3nc(-c4ccsc4)no3)n2)cc1. The van der Waals surface area contributed by atoms with Crippen LogP contribution >= 0.6 is 11.3 Å². The Kier molecular flexibility index (Phi) is 5.76. The van der Waals surface area contributed by atoms with Gasteiger partial charge in [-0.25, -0.2) is 0 Å². The van der Waals surface area contributed by atoms with Gasteiger partial charge in [-0.05, 0) is 23.4 Å². The lowest BCUT2D eigenvalue weighted by atomic mass is 10.1. The van der Waals surface area contributed by atoms with Crippen molar-refractivity contribution in [3.63, 3.8) is 0 Å². The molecule has 0 amide bonds. The summed E-state index contributed by atoms with van der Waals surface area (Å²) >= 11 is 1.55. The maximum Gasteiger partial charge on any atom is 0.306 e. The first kappa shape index (κ1) is 19.0. The molecule has 0 fully saturated rings. The molecule has 0 aliphatic rings. The van der Waals surface area contributed by atoms with Crippen molar-refractivity contribution in [1.82, 2.24) is 20.3 Å². The van der Waals surface area contributed by atoms with Crippen LogP contribution in [-0.4, -0.2) is 26.3 Å². The number of ether oxygens (including phenoxy) is 1. The summed E-state index contributed by atoms with van der Waals surface area (Å²) in [5.41, 5.74) is 2.97. The summed E-state index contributed by atoms with van der Waals surface area (Å²) < 4.78 is 15.5. The minimum atomic E-state index is -0.410. The Labute approximate surface area is 170 Å². The van der Waals surface area contributed by atoms with E-state index in [9.17, 15) is 4.79 Å². The average molecular weight is 410 g/mol. The van der Waals surface area contributed by atoms with Crippen molar-refractivity contribution in [3.05, 3.63) is 58.4 Å². The summed E-state index contributed by atoms with van der Waals surface area (Å²) in [7, 11) is 0. The molecule has 0 bridgehead atoms. The summed E-state index contributed by atoms with van der Waals surface area (Å²) in [6.07, 6.45) is 1.38. The lowest BCUT2D eigenvalue weighted by Gasteiger charge is -1.99. The van der Waals surface area contributed by atoms with Crippen molar-refractivity contribution in [2.24, 2.45) is 0 Å². The average Bonchev–Trinajstić information content (AvgIpc) is 3.52. The van der Waals surface area contributed by atoms with Crippen LogP contribution in [0.5, 0.6) is 0 Å². The van der Waals surface area contributed by atoms with Crippen molar-refractivity contribution >= 4 is 17.3 Å². The summed E-state index contributed by atoms with van der Waals surface area (Å²) in [5, 5.41) is 11.7. The van der Waals surface area contributed by atoms with E-state index in [0.717, 1.165) is 17.5 Å². The van der Waals surface area contributed by atoms with E-state index in [1.54, 1.807) is 11.3 Å². The van der Waals surface area contributed by atoms with Crippen LogP contribution in [-0.2, 0) is 29.0 Å². The van der Waals surface area contributed by atoms with E-state index in [2.05, 4.69) is 27.2 Å². The van der Waals surface area contributed by atoms with Gasteiger partial charge in [0.15, 0.2) is 6.61 Å². The van der Waals surface area contributed by atoms with Gasteiger partial charge >= 0.3 is 5.97 Å². The largest absolute Gasteiger partial charge is 0.456 e. The van der Waals surface area contributed by atoms with Gasteiger partial charge in [0, 0.05) is 22.9 Å². The smallest absolute Gasteiger partial charge is 0.306 e. The Morgan fingerprint density at radius 3 is 2.45 bits per heavy atom. The third-order valence-corrected chi connectivity index (χ3v) is 4.92. The number of rotatable bonds is 8. The van der Waals surface area contributed by atoms with Gasteiger partial charge in [0.2, 0.25) is 17.5 Å². The van der Waals surface area contributed by atoms with Gasteiger partial charge in [0.1, 0.15) is 0 Å². The number of benzene rings is 1. The molecule has 0 N–H and O–H groups in total. The van der Waals surface area contributed by atoms with Crippen molar-refractivity contribution in [2.75, 3.05) is 0 Å². The summed E-state index contributed by atoms with van der Waals surface area (Å²) in [6.45, 7) is 2.01. The normalized spacial score (nSPS) is 10.9. The highest BCUT2D eigenvalue weighted by atomic mass is 32.1. The summed E-state index contributed by atoms with van der Waals surface area (Å²) in [4.78, 5) is 20.5. The van der Waals surface area contributed by atoms with Gasteiger partial charge in [-0.3, -0.25) is 4.79 Å². The summed E-state index contributed by atoms with van der Waals surface area (Å²) in [6, 6.07) is 9.83. The molecule has 0 atom stereocenters. The molecule has 29 heavy (non-hydrogen) atoms. The minimum Gasteiger partial charge on any atom is -0.456 e. The number of esters is 1. The van der Waals surface area contributed by atoms with Gasteiger partial charge < -0.3 is 13.8 Å². The molecule has 3 heterocycles. The van der Waals surface area contributed by atoms with Crippen LogP contribution < -0.4 is 0 Å². The van der Waals surface area contributed by atoms with Crippen LogP contribution in [0.1, 0.15) is 30.7 Å². The van der Waals surface area contributed by atoms with Gasteiger partial charge in [-0.1, -0.05) is 41.5 Å². The van der Waals surface area contributed by atoms with Crippen LogP contribution in [0.25, 0.3) is 22.8 Å². The van der Waals surface area contributed by atoms with Crippen molar-refractivity contribution in [1.29, 1.82) is 0 Å². The zero-order valence-corrected chi connectivity index (χ0v) is 16.5. The second kappa shape index (κ2) is 8.78. The maximum absolute atomic E-state index is 12.0. The van der Waals surface area contributed by atoms with Crippen molar-refractivity contribution < 1.29 is 18.6 Å². The standard InChI is InChI=1S/C20H18N4O4S/c1-2-13-3-5-14(6-4-13)19-22-17(28-23-19)11-26-18(25)8-7-16-21-20(24-27-16)15-9-10-29-12-15/h3-6,9-10,12H,2,7-8,11H2,1H3. The van der Waals surface area contributed by atoms with E-state index in [-0.39, 0.29) is 18.9 Å². The quantitative estimate of drug-likeness (QED) is 0.400. The predicted octanol–water partition coefficient (Wildman–Crippen LogP) is 4.09. The first-order valence-electron chi connectivity index (χ1n) is 9.14. The minimum absolute atomic E-state index is 0.0805. The summed E-state index contributed by atoms with van der Waals surface area (Å²) in [5.74, 6) is 1.20. The number of hydrogen-bond acceptors (Lipinski definition) is 9.